The van der Waals surface area contributed by atoms with Gasteiger partial charge in [-0.05, 0) is 84.2 Å². The Kier molecular flexibility index (Phi) is 15.2. The van der Waals surface area contributed by atoms with Crippen LogP contribution in [0.2, 0.25) is 0 Å². The van der Waals surface area contributed by atoms with E-state index < -0.39 is 48.2 Å². The fourth-order valence-corrected chi connectivity index (χ4v) is 5.80. The van der Waals surface area contributed by atoms with Crippen molar-refractivity contribution in [1.29, 1.82) is 0 Å². The molecule has 0 bridgehead atoms. The minimum atomic E-state index is -1.28. The number of hydrogen-bond acceptors (Lipinski definition) is 8. The number of piperidine rings is 1. The number of aliphatic carboxylic acids is 1. The highest BCUT2D eigenvalue weighted by Gasteiger charge is 2.37. The summed E-state index contributed by atoms with van der Waals surface area (Å²) in [6.07, 6.45) is 8.19. The number of Topliss-reactive ketones (excluding diaryl/α,β-unsaturated/α-hetero) is 1. The maximum absolute atomic E-state index is 13.7. The van der Waals surface area contributed by atoms with Crippen LogP contribution in [0.4, 0.5) is 0 Å². The van der Waals surface area contributed by atoms with Crippen molar-refractivity contribution < 1.29 is 33.8 Å². The van der Waals surface area contributed by atoms with Crippen molar-refractivity contribution in [3.05, 3.63) is 0 Å². The Morgan fingerprint density at radius 1 is 1.02 bits per heavy atom. The van der Waals surface area contributed by atoms with E-state index in [-0.39, 0.29) is 25.0 Å². The van der Waals surface area contributed by atoms with E-state index in [1.807, 2.05) is 0 Å². The van der Waals surface area contributed by atoms with Gasteiger partial charge in [0.15, 0.2) is 5.78 Å². The number of likely N-dealkylation sites (N-methyl/N-ethyl adjacent to an activating group) is 1. The fourth-order valence-electron chi connectivity index (χ4n) is 5.80. The molecule has 2 fully saturated rings. The molecule has 228 valence electrons. The van der Waals surface area contributed by atoms with Gasteiger partial charge in [-0.15, -0.1) is 0 Å². The number of carboxylic acid groups (broad SMARTS) is 1. The van der Waals surface area contributed by atoms with Crippen molar-refractivity contribution in [2.45, 2.75) is 110 Å². The number of hydrogen-bond donors (Lipinski definition) is 4. The van der Waals surface area contributed by atoms with Crippen LogP contribution in [-0.4, -0.2) is 90.5 Å². The van der Waals surface area contributed by atoms with Gasteiger partial charge in [0, 0.05) is 13.0 Å². The van der Waals surface area contributed by atoms with Crippen molar-refractivity contribution in [3.63, 3.8) is 0 Å². The summed E-state index contributed by atoms with van der Waals surface area (Å²) in [6.45, 7) is 7.41. The second-order valence-electron chi connectivity index (χ2n) is 11.1. The average molecular weight is 567 g/mol. The third-order valence-corrected chi connectivity index (χ3v) is 8.09. The summed E-state index contributed by atoms with van der Waals surface area (Å²) in [7, 11) is 0. The predicted octanol–water partition coefficient (Wildman–Crippen LogP) is 2.02. The number of amides is 2. The minimum Gasteiger partial charge on any atom is -0.481 e. The molecule has 40 heavy (non-hydrogen) atoms. The molecule has 2 aliphatic rings. The van der Waals surface area contributed by atoms with Gasteiger partial charge in [0.05, 0.1) is 31.7 Å². The van der Waals surface area contributed by atoms with Gasteiger partial charge in [-0.2, -0.15) is 0 Å². The molecule has 0 aromatic carbocycles. The number of nitrogens with one attached hydrogen (secondary N) is 3. The molecule has 11 heteroatoms. The van der Waals surface area contributed by atoms with E-state index in [0.29, 0.717) is 18.9 Å². The molecule has 1 aliphatic carbocycles. The second-order valence-corrected chi connectivity index (χ2v) is 11.1. The van der Waals surface area contributed by atoms with E-state index in [1.165, 1.54) is 4.90 Å². The zero-order valence-corrected chi connectivity index (χ0v) is 24.5. The lowest BCUT2D eigenvalue weighted by molar-refractivity contribution is -0.146. The van der Waals surface area contributed by atoms with E-state index >= 15 is 0 Å². The molecule has 2 amide bonds. The van der Waals surface area contributed by atoms with E-state index in [4.69, 9.17) is 4.74 Å². The number of carbonyl (C=O) groups excluding carboxylic acids is 4. The summed E-state index contributed by atoms with van der Waals surface area (Å²) in [6, 6.07) is -2.86. The zero-order valence-electron chi connectivity index (χ0n) is 24.5. The van der Waals surface area contributed by atoms with Gasteiger partial charge in [-0.3, -0.25) is 29.3 Å². The van der Waals surface area contributed by atoms with E-state index in [9.17, 15) is 29.1 Å². The Morgan fingerprint density at radius 3 is 2.30 bits per heavy atom. The van der Waals surface area contributed by atoms with Crippen LogP contribution in [-0.2, 0) is 28.7 Å². The van der Waals surface area contributed by atoms with Gasteiger partial charge in [0.2, 0.25) is 11.8 Å². The summed E-state index contributed by atoms with van der Waals surface area (Å²) < 4.78 is 5.09. The van der Waals surface area contributed by atoms with Crippen molar-refractivity contribution >= 4 is 29.5 Å². The van der Waals surface area contributed by atoms with Gasteiger partial charge in [0.1, 0.15) is 6.04 Å². The summed E-state index contributed by atoms with van der Waals surface area (Å²) in [4.78, 5) is 65.0. The first-order valence-electron chi connectivity index (χ1n) is 15.1. The molecule has 3 atom stereocenters. The van der Waals surface area contributed by atoms with Crippen LogP contribution >= 0.6 is 0 Å². The van der Waals surface area contributed by atoms with Crippen LogP contribution in [0.3, 0.4) is 0 Å². The van der Waals surface area contributed by atoms with Gasteiger partial charge in [0.25, 0.3) is 0 Å². The van der Waals surface area contributed by atoms with Crippen LogP contribution < -0.4 is 16.0 Å². The standard InChI is InChI=1S/C29H50N4O7/c1-4-33(25(35)13-9-10-21-14-16-30-17-15-21)19-24(34)32-23(18-26(36)37)28(38)27(22-11-7-6-8-12-22)31-20(3)29(39)40-5-2/h20-23,27,30-31H,4-19H2,1-3H3,(H,32,34)(H,36,37)/t20-,23-,27?/m0/s1. The number of rotatable bonds is 17. The monoisotopic (exact) mass is 566 g/mol. The van der Waals surface area contributed by atoms with E-state index in [1.54, 1.807) is 20.8 Å². The van der Waals surface area contributed by atoms with E-state index in [2.05, 4.69) is 16.0 Å². The molecule has 1 aliphatic heterocycles. The second kappa shape index (κ2) is 18.0. The largest absolute Gasteiger partial charge is 0.481 e. The molecule has 2 rings (SSSR count). The molecule has 1 heterocycles. The molecule has 4 N–H and O–H groups in total. The number of nitrogens with zero attached hydrogens (tertiary/aromatic N) is 1. The van der Waals surface area contributed by atoms with Gasteiger partial charge < -0.3 is 25.4 Å². The lowest BCUT2D eigenvalue weighted by atomic mass is 9.80. The number of carboxylic acids is 1. The fraction of sp³-hybridized carbons (Fsp3) is 0.828. The van der Waals surface area contributed by atoms with Crippen LogP contribution in [0, 0.1) is 11.8 Å². The molecule has 1 saturated heterocycles. The van der Waals surface area contributed by atoms with Crippen molar-refractivity contribution in [2.24, 2.45) is 11.8 Å². The third-order valence-electron chi connectivity index (χ3n) is 8.09. The third kappa shape index (κ3) is 11.5. The zero-order chi connectivity index (χ0) is 29.5. The summed E-state index contributed by atoms with van der Waals surface area (Å²) in [5, 5.41) is 18.5. The quantitative estimate of drug-likeness (QED) is 0.194. The predicted molar refractivity (Wildman–Crippen MR) is 150 cm³/mol. The summed E-state index contributed by atoms with van der Waals surface area (Å²) >= 11 is 0. The van der Waals surface area contributed by atoms with Crippen molar-refractivity contribution in [3.8, 4) is 0 Å². The van der Waals surface area contributed by atoms with E-state index in [0.717, 1.165) is 70.9 Å². The number of ether oxygens (including phenoxy) is 1. The number of esters is 1. The molecular formula is C29H50N4O7. The Hall–Kier alpha value is -2.53. The Labute approximate surface area is 238 Å². The first-order valence-corrected chi connectivity index (χ1v) is 15.1. The highest BCUT2D eigenvalue weighted by atomic mass is 16.5. The number of ketones is 1. The topological polar surface area (TPSA) is 154 Å². The van der Waals surface area contributed by atoms with Crippen LogP contribution in [0.15, 0.2) is 0 Å². The highest BCUT2D eigenvalue weighted by Crippen LogP contribution is 2.28. The minimum absolute atomic E-state index is 0.0833. The lowest BCUT2D eigenvalue weighted by Crippen LogP contribution is -2.57. The molecule has 0 radical (unpaired) electrons. The van der Waals surface area contributed by atoms with Crippen LogP contribution in [0.5, 0.6) is 0 Å². The SMILES string of the molecule is CCOC(=O)[C@H](C)NC(C(=O)[C@H](CC(=O)O)NC(=O)CN(CC)C(=O)CCCC1CCNCC1)C1CCCCC1. The molecule has 1 saturated carbocycles. The molecule has 0 aromatic rings. The number of carbonyl (C=O) groups is 5. The summed E-state index contributed by atoms with van der Waals surface area (Å²) in [5.74, 6) is -2.35. The Morgan fingerprint density at radius 2 is 1.70 bits per heavy atom. The van der Waals surface area contributed by atoms with Crippen molar-refractivity contribution in [2.75, 3.05) is 32.8 Å². The highest BCUT2D eigenvalue weighted by molar-refractivity contribution is 5.96. The molecule has 0 spiro atoms. The Balaban J connectivity index is 2.04. The average Bonchev–Trinajstić information content (AvgIpc) is 2.94. The summed E-state index contributed by atoms with van der Waals surface area (Å²) in [5.41, 5.74) is 0. The van der Waals surface area contributed by atoms with Crippen LogP contribution in [0.1, 0.15) is 91.4 Å². The maximum Gasteiger partial charge on any atom is 0.322 e. The van der Waals surface area contributed by atoms with Gasteiger partial charge >= 0.3 is 11.9 Å². The molecular weight excluding hydrogens is 516 g/mol. The van der Waals surface area contributed by atoms with Gasteiger partial charge in [-0.25, -0.2) is 0 Å². The first-order chi connectivity index (χ1) is 19.2. The normalized spacial score (nSPS) is 18.8. The van der Waals surface area contributed by atoms with Gasteiger partial charge in [-0.1, -0.05) is 19.3 Å². The maximum atomic E-state index is 13.7. The Bertz CT molecular complexity index is 840. The molecule has 11 nitrogen and oxygen atoms in total. The lowest BCUT2D eigenvalue weighted by Gasteiger charge is -2.34. The first kappa shape index (κ1) is 33.7. The smallest absolute Gasteiger partial charge is 0.322 e. The molecule has 0 aromatic heterocycles. The molecule has 1 unspecified atom stereocenters. The van der Waals surface area contributed by atoms with Crippen molar-refractivity contribution in [1.82, 2.24) is 20.9 Å². The van der Waals surface area contributed by atoms with Crippen LogP contribution in [0.25, 0.3) is 0 Å².